The Morgan fingerprint density at radius 1 is 1.17 bits per heavy atom. The molecule has 0 radical (unpaired) electrons. The summed E-state index contributed by atoms with van der Waals surface area (Å²) in [5.74, 6) is -0.110. The van der Waals surface area contributed by atoms with Gasteiger partial charge in [-0.1, -0.05) is 61.1 Å². The minimum absolute atomic E-state index is 0.0379. The van der Waals surface area contributed by atoms with Crippen LogP contribution in [0.1, 0.15) is 30.9 Å². The van der Waals surface area contributed by atoms with Crippen molar-refractivity contribution in [2.24, 2.45) is 5.92 Å². The molecular weight excluding hydrogens is 340 g/mol. The van der Waals surface area contributed by atoms with Gasteiger partial charge in [0, 0.05) is 5.02 Å². The van der Waals surface area contributed by atoms with Gasteiger partial charge in [0.2, 0.25) is 5.91 Å². The molecule has 1 heterocycles. The van der Waals surface area contributed by atoms with E-state index in [0.717, 1.165) is 21.3 Å². The number of aryl methyl sites for hydroxylation is 1. The van der Waals surface area contributed by atoms with E-state index in [4.69, 9.17) is 11.6 Å². The number of benzene rings is 2. The molecular formula is C19H19ClN2OS. The zero-order valence-corrected chi connectivity index (χ0v) is 15.4. The molecule has 3 nitrogen and oxygen atoms in total. The molecule has 0 saturated heterocycles. The number of carbonyl (C=O) groups is 1. The number of para-hydroxylation sites is 1. The first-order valence-electron chi connectivity index (χ1n) is 7.88. The molecule has 0 aliphatic carbocycles. The van der Waals surface area contributed by atoms with Crippen LogP contribution in [0.15, 0.2) is 42.5 Å². The number of halogens is 1. The number of aromatic nitrogens is 1. The normalized spacial score (nSPS) is 12.5. The highest BCUT2D eigenvalue weighted by atomic mass is 35.5. The highest BCUT2D eigenvalue weighted by Crippen LogP contribution is 2.31. The van der Waals surface area contributed by atoms with E-state index in [1.165, 1.54) is 11.3 Å². The Morgan fingerprint density at radius 2 is 1.88 bits per heavy atom. The topological polar surface area (TPSA) is 42.0 Å². The monoisotopic (exact) mass is 358 g/mol. The van der Waals surface area contributed by atoms with Crippen molar-refractivity contribution in [2.45, 2.75) is 26.7 Å². The Kier molecular flexibility index (Phi) is 4.88. The van der Waals surface area contributed by atoms with Crippen LogP contribution in [0.25, 0.3) is 10.2 Å². The SMILES string of the molecule is Cc1cccc2sc(NC(=O)[C@H](c3ccc(Cl)cc3)C(C)C)nc12. The molecule has 1 aromatic heterocycles. The predicted octanol–water partition coefficient (Wildman–Crippen LogP) is 5.64. The smallest absolute Gasteiger partial charge is 0.233 e. The van der Waals surface area contributed by atoms with Gasteiger partial charge in [-0.05, 0) is 42.2 Å². The van der Waals surface area contributed by atoms with Crippen LogP contribution in [0.5, 0.6) is 0 Å². The van der Waals surface area contributed by atoms with Crippen molar-refractivity contribution in [3.05, 3.63) is 58.6 Å². The lowest BCUT2D eigenvalue weighted by atomic mass is 9.88. The third-order valence-corrected chi connectivity index (χ3v) is 5.22. The molecule has 0 saturated carbocycles. The summed E-state index contributed by atoms with van der Waals surface area (Å²) in [6, 6.07) is 13.5. The van der Waals surface area contributed by atoms with Gasteiger partial charge in [0.25, 0.3) is 0 Å². The number of rotatable bonds is 4. The number of hydrogen-bond donors (Lipinski definition) is 1. The molecule has 1 amide bonds. The van der Waals surface area contributed by atoms with Gasteiger partial charge in [-0.2, -0.15) is 0 Å². The zero-order chi connectivity index (χ0) is 17.3. The van der Waals surface area contributed by atoms with E-state index < -0.39 is 0 Å². The van der Waals surface area contributed by atoms with Gasteiger partial charge in [-0.3, -0.25) is 4.79 Å². The minimum atomic E-state index is -0.240. The van der Waals surface area contributed by atoms with Crippen molar-refractivity contribution >= 4 is 44.2 Å². The summed E-state index contributed by atoms with van der Waals surface area (Å²) in [5, 5.41) is 4.30. The van der Waals surface area contributed by atoms with Crippen molar-refractivity contribution < 1.29 is 4.79 Å². The lowest BCUT2D eigenvalue weighted by Crippen LogP contribution is -2.25. The maximum absolute atomic E-state index is 12.8. The van der Waals surface area contributed by atoms with Crippen molar-refractivity contribution in [3.63, 3.8) is 0 Å². The summed E-state index contributed by atoms with van der Waals surface area (Å²) in [4.78, 5) is 17.4. The number of amides is 1. The first-order valence-corrected chi connectivity index (χ1v) is 9.07. The molecule has 0 bridgehead atoms. The number of hydrogen-bond acceptors (Lipinski definition) is 3. The lowest BCUT2D eigenvalue weighted by Gasteiger charge is -2.20. The van der Waals surface area contributed by atoms with E-state index in [1.807, 2.05) is 63.2 Å². The summed E-state index contributed by atoms with van der Waals surface area (Å²) >= 11 is 7.46. The fourth-order valence-electron chi connectivity index (χ4n) is 2.83. The first-order chi connectivity index (χ1) is 11.5. The zero-order valence-electron chi connectivity index (χ0n) is 13.8. The van der Waals surface area contributed by atoms with Crippen molar-refractivity contribution in [1.82, 2.24) is 4.98 Å². The molecule has 0 aliphatic rings. The van der Waals surface area contributed by atoms with Gasteiger partial charge in [0.15, 0.2) is 5.13 Å². The molecule has 1 atom stereocenters. The molecule has 2 aromatic carbocycles. The number of carbonyl (C=O) groups excluding carboxylic acids is 1. The van der Waals surface area contributed by atoms with Crippen molar-refractivity contribution in [2.75, 3.05) is 5.32 Å². The summed E-state index contributed by atoms with van der Waals surface area (Å²) in [6.45, 7) is 6.11. The number of nitrogens with zero attached hydrogens (tertiary/aromatic N) is 1. The molecule has 0 spiro atoms. The second-order valence-electron chi connectivity index (χ2n) is 6.20. The quantitative estimate of drug-likeness (QED) is 0.656. The summed E-state index contributed by atoms with van der Waals surface area (Å²) in [7, 11) is 0. The number of thiazole rings is 1. The Hall–Kier alpha value is -1.91. The highest BCUT2D eigenvalue weighted by Gasteiger charge is 2.25. The molecule has 24 heavy (non-hydrogen) atoms. The fourth-order valence-corrected chi connectivity index (χ4v) is 3.90. The maximum atomic E-state index is 12.8. The lowest BCUT2D eigenvalue weighted by molar-refractivity contribution is -0.118. The fraction of sp³-hybridized carbons (Fsp3) is 0.263. The Labute approximate surface area is 150 Å². The molecule has 3 aromatic rings. The third kappa shape index (κ3) is 3.45. The molecule has 0 unspecified atom stereocenters. The number of nitrogens with one attached hydrogen (secondary N) is 1. The summed E-state index contributed by atoms with van der Waals surface area (Å²) in [6.07, 6.45) is 0. The highest BCUT2D eigenvalue weighted by molar-refractivity contribution is 7.22. The second-order valence-corrected chi connectivity index (χ2v) is 7.67. The van der Waals surface area contributed by atoms with E-state index in [9.17, 15) is 4.79 Å². The number of fused-ring (bicyclic) bond motifs is 1. The molecule has 3 rings (SSSR count). The third-order valence-electron chi connectivity index (χ3n) is 4.03. The van der Waals surface area contributed by atoms with Crippen LogP contribution in [0.4, 0.5) is 5.13 Å². The Bertz CT molecular complexity index is 871. The van der Waals surface area contributed by atoms with E-state index >= 15 is 0 Å². The molecule has 124 valence electrons. The van der Waals surface area contributed by atoms with Crippen LogP contribution < -0.4 is 5.32 Å². The van der Waals surface area contributed by atoms with E-state index in [1.54, 1.807) is 0 Å². The number of anilines is 1. The van der Waals surface area contributed by atoms with Crippen molar-refractivity contribution in [1.29, 1.82) is 0 Å². The van der Waals surface area contributed by atoms with E-state index in [2.05, 4.69) is 10.3 Å². The Morgan fingerprint density at radius 3 is 2.50 bits per heavy atom. The van der Waals surface area contributed by atoms with E-state index in [0.29, 0.717) is 10.2 Å². The van der Waals surface area contributed by atoms with Gasteiger partial charge in [0.1, 0.15) is 0 Å². The van der Waals surface area contributed by atoms with E-state index in [-0.39, 0.29) is 17.7 Å². The largest absolute Gasteiger partial charge is 0.301 e. The molecule has 5 heteroatoms. The first kappa shape index (κ1) is 16.9. The van der Waals surface area contributed by atoms with Gasteiger partial charge >= 0.3 is 0 Å². The predicted molar refractivity (Wildman–Crippen MR) is 102 cm³/mol. The minimum Gasteiger partial charge on any atom is -0.301 e. The molecule has 0 aliphatic heterocycles. The summed E-state index contributed by atoms with van der Waals surface area (Å²) < 4.78 is 1.08. The van der Waals surface area contributed by atoms with Crippen molar-refractivity contribution in [3.8, 4) is 0 Å². The second kappa shape index (κ2) is 6.91. The van der Waals surface area contributed by atoms with Crippen LogP contribution >= 0.6 is 22.9 Å². The van der Waals surface area contributed by atoms with Crippen LogP contribution in [0.2, 0.25) is 5.02 Å². The standard InChI is InChI=1S/C19H19ClN2OS/c1-11(2)16(13-7-9-14(20)10-8-13)18(23)22-19-21-17-12(3)5-4-6-15(17)24-19/h4-11,16H,1-3H3,(H,21,22,23)/t16-/m0/s1. The maximum Gasteiger partial charge on any atom is 0.233 e. The average Bonchev–Trinajstić information content (AvgIpc) is 2.93. The van der Waals surface area contributed by atoms with Crippen LogP contribution in [-0.2, 0) is 4.79 Å². The van der Waals surface area contributed by atoms with Crippen LogP contribution in [0.3, 0.4) is 0 Å². The van der Waals surface area contributed by atoms with Gasteiger partial charge in [-0.15, -0.1) is 0 Å². The van der Waals surface area contributed by atoms with Crippen LogP contribution in [-0.4, -0.2) is 10.9 Å². The Balaban J connectivity index is 1.87. The van der Waals surface area contributed by atoms with Crippen LogP contribution in [0, 0.1) is 12.8 Å². The summed E-state index contributed by atoms with van der Waals surface area (Å²) in [5.41, 5.74) is 3.02. The van der Waals surface area contributed by atoms with Gasteiger partial charge in [0.05, 0.1) is 16.1 Å². The van der Waals surface area contributed by atoms with Gasteiger partial charge in [-0.25, -0.2) is 4.98 Å². The molecule has 1 N–H and O–H groups in total. The molecule has 0 fully saturated rings. The van der Waals surface area contributed by atoms with Gasteiger partial charge < -0.3 is 5.32 Å². The average molecular weight is 359 g/mol.